The maximum Gasteiger partial charge on any atom is 0.223 e. The molecule has 0 bridgehead atoms. The lowest BCUT2D eigenvalue weighted by atomic mass is 9.65. The van der Waals surface area contributed by atoms with E-state index in [1.165, 1.54) is 0 Å². The number of likely N-dealkylation sites (tertiary alicyclic amines) is 1. The van der Waals surface area contributed by atoms with E-state index >= 15 is 0 Å². The molecule has 1 amide bonds. The van der Waals surface area contributed by atoms with E-state index in [0.717, 1.165) is 16.9 Å². The van der Waals surface area contributed by atoms with Crippen molar-refractivity contribution in [3.8, 4) is 0 Å². The Morgan fingerprint density at radius 1 is 1.25 bits per heavy atom. The summed E-state index contributed by atoms with van der Waals surface area (Å²) < 4.78 is 0. The number of aromatic amines is 1. The van der Waals surface area contributed by atoms with Crippen LogP contribution in [-0.2, 0) is 11.3 Å². The summed E-state index contributed by atoms with van der Waals surface area (Å²) in [5.74, 6) is -0.258. The summed E-state index contributed by atoms with van der Waals surface area (Å²) in [5.41, 5.74) is 1.90. The quantitative estimate of drug-likeness (QED) is 0.480. The monoisotopic (exact) mass is 388 g/mol. The number of imidazole rings is 1. The highest BCUT2D eigenvalue weighted by atomic mass is 16.3. The molecule has 1 saturated carbocycles. The highest BCUT2D eigenvalue weighted by Crippen LogP contribution is 2.43. The smallest absolute Gasteiger partial charge is 0.223 e. The Morgan fingerprint density at radius 3 is 2.75 bits per heavy atom. The third-order valence-corrected chi connectivity index (χ3v) is 6.37. The number of fused-ring (bicyclic) bond motifs is 2. The van der Waals surface area contributed by atoms with Crippen molar-refractivity contribution in [3.05, 3.63) is 30.1 Å². The summed E-state index contributed by atoms with van der Waals surface area (Å²) in [6.45, 7) is 3.76. The number of aliphatic hydroxyl groups is 3. The first-order valence-electron chi connectivity index (χ1n) is 9.90. The van der Waals surface area contributed by atoms with Crippen LogP contribution in [0, 0.1) is 23.7 Å². The number of benzene rings is 1. The Balaban J connectivity index is 1.52. The highest BCUT2D eigenvalue weighted by molar-refractivity contribution is 5.79. The van der Waals surface area contributed by atoms with Crippen LogP contribution in [0.5, 0.6) is 0 Å². The number of carbonyl (C=O) groups excluding carboxylic acids is 1. The molecule has 28 heavy (non-hydrogen) atoms. The standard InChI is InChI=1S/C20H28N4O4/c1-11-17(20(28)21-6-7-25)12-8-24(9-13(12)19(27)18(11)26)10-16-22-14-4-2-3-5-15(14)23-16/h2-5,11-13,17-19,25-27H,6-10H2,1H3,(H,21,28)(H,22,23)/t11-,12+,13+,17+,18+,19+/m1/s1. The number of nitrogens with zero attached hydrogens (tertiary/aromatic N) is 2. The number of aliphatic hydroxyl groups excluding tert-OH is 3. The van der Waals surface area contributed by atoms with E-state index in [0.29, 0.717) is 19.6 Å². The summed E-state index contributed by atoms with van der Waals surface area (Å²) in [7, 11) is 0. The molecule has 8 heteroatoms. The molecule has 2 heterocycles. The number of para-hydroxylation sites is 2. The van der Waals surface area contributed by atoms with Crippen molar-refractivity contribution < 1.29 is 20.1 Å². The zero-order valence-corrected chi connectivity index (χ0v) is 16.0. The van der Waals surface area contributed by atoms with Crippen molar-refractivity contribution in [2.24, 2.45) is 23.7 Å². The van der Waals surface area contributed by atoms with Gasteiger partial charge >= 0.3 is 0 Å². The molecule has 0 radical (unpaired) electrons. The van der Waals surface area contributed by atoms with Crippen molar-refractivity contribution >= 4 is 16.9 Å². The number of H-pyrrole nitrogens is 1. The lowest BCUT2D eigenvalue weighted by Gasteiger charge is -2.43. The van der Waals surface area contributed by atoms with Crippen molar-refractivity contribution in [1.29, 1.82) is 0 Å². The average Bonchev–Trinajstić information content (AvgIpc) is 3.28. The fraction of sp³-hybridized carbons (Fsp3) is 0.600. The molecule has 1 saturated heterocycles. The number of amides is 1. The van der Waals surface area contributed by atoms with Gasteiger partial charge in [0, 0.05) is 31.5 Å². The summed E-state index contributed by atoms with van der Waals surface area (Å²) >= 11 is 0. The Hall–Kier alpha value is -2.00. The Morgan fingerprint density at radius 2 is 2.00 bits per heavy atom. The second-order valence-electron chi connectivity index (χ2n) is 8.10. The predicted octanol–water partition coefficient (Wildman–Crippen LogP) is -0.293. The first-order valence-corrected chi connectivity index (χ1v) is 9.90. The van der Waals surface area contributed by atoms with Crippen LogP contribution in [-0.4, -0.2) is 74.5 Å². The number of hydrogen-bond acceptors (Lipinski definition) is 6. The van der Waals surface area contributed by atoms with Crippen LogP contribution < -0.4 is 5.32 Å². The highest BCUT2D eigenvalue weighted by Gasteiger charge is 2.53. The molecule has 4 rings (SSSR count). The number of aromatic nitrogens is 2. The van der Waals surface area contributed by atoms with Gasteiger partial charge in [0.05, 0.1) is 36.4 Å². The molecule has 2 aromatic rings. The molecule has 8 nitrogen and oxygen atoms in total. The summed E-state index contributed by atoms with van der Waals surface area (Å²) in [5, 5.41) is 32.9. The van der Waals surface area contributed by atoms with E-state index in [2.05, 4.69) is 20.2 Å². The zero-order valence-electron chi connectivity index (χ0n) is 16.0. The Labute approximate surface area is 163 Å². The molecule has 2 aliphatic rings. The van der Waals surface area contributed by atoms with Crippen LogP contribution in [0.25, 0.3) is 11.0 Å². The third kappa shape index (κ3) is 3.41. The fourth-order valence-corrected chi connectivity index (χ4v) is 5.00. The van der Waals surface area contributed by atoms with E-state index in [1.54, 1.807) is 0 Å². The van der Waals surface area contributed by atoms with Crippen LogP contribution in [0.1, 0.15) is 12.7 Å². The zero-order chi connectivity index (χ0) is 19.8. The summed E-state index contributed by atoms with van der Waals surface area (Å²) in [6, 6.07) is 7.86. The lowest BCUT2D eigenvalue weighted by Crippen LogP contribution is -2.55. The molecule has 2 fully saturated rings. The Kier molecular flexibility index (Phi) is 5.37. The number of nitrogens with one attached hydrogen (secondary N) is 2. The van der Waals surface area contributed by atoms with Crippen molar-refractivity contribution in [2.75, 3.05) is 26.2 Å². The summed E-state index contributed by atoms with van der Waals surface area (Å²) in [6.07, 6.45) is -1.78. The van der Waals surface area contributed by atoms with Crippen LogP contribution in [0.3, 0.4) is 0 Å². The molecule has 1 aromatic carbocycles. The van der Waals surface area contributed by atoms with Gasteiger partial charge in [-0.15, -0.1) is 0 Å². The van der Waals surface area contributed by atoms with Gasteiger partial charge in [-0.1, -0.05) is 19.1 Å². The predicted molar refractivity (Wildman–Crippen MR) is 103 cm³/mol. The molecule has 1 aliphatic carbocycles. The van der Waals surface area contributed by atoms with Crippen molar-refractivity contribution in [1.82, 2.24) is 20.2 Å². The van der Waals surface area contributed by atoms with Crippen LogP contribution in [0.4, 0.5) is 0 Å². The SMILES string of the molecule is C[C@H]1[C@H](O)[C@@H](O)[C@H]2CN(Cc3nc4ccccc4[nH]3)C[C@@H]2[C@H]1C(=O)NCCO. The number of hydrogen-bond donors (Lipinski definition) is 5. The van der Waals surface area contributed by atoms with Crippen molar-refractivity contribution in [3.63, 3.8) is 0 Å². The van der Waals surface area contributed by atoms with Crippen molar-refractivity contribution in [2.45, 2.75) is 25.7 Å². The first kappa shape index (κ1) is 19.3. The Bertz CT molecular complexity index is 807. The molecule has 5 N–H and O–H groups in total. The van der Waals surface area contributed by atoms with E-state index < -0.39 is 18.1 Å². The lowest BCUT2D eigenvalue weighted by molar-refractivity contribution is -0.145. The average molecular weight is 388 g/mol. The fourth-order valence-electron chi connectivity index (χ4n) is 5.00. The second kappa shape index (κ2) is 7.79. The molecule has 1 aromatic heterocycles. The van der Waals surface area contributed by atoms with Crippen LogP contribution in [0.2, 0.25) is 0 Å². The minimum Gasteiger partial charge on any atom is -0.395 e. The molecular formula is C20H28N4O4. The number of rotatable bonds is 5. The van der Waals surface area contributed by atoms with Gasteiger partial charge in [0.25, 0.3) is 0 Å². The molecular weight excluding hydrogens is 360 g/mol. The van der Waals surface area contributed by atoms with E-state index in [9.17, 15) is 15.0 Å². The van der Waals surface area contributed by atoms with E-state index in [-0.39, 0.29) is 36.8 Å². The third-order valence-electron chi connectivity index (χ3n) is 6.37. The minimum absolute atomic E-state index is 0.0449. The van der Waals surface area contributed by atoms with Gasteiger partial charge in [-0.25, -0.2) is 4.98 Å². The minimum atomic E-state index is -0.933. The number of carbonyl (C=O) groups is 1. The van der Waals surface area contributed by atoms with E-state index in [1.807, 2.05) is 31.2 Å². The topological polar surface area (TPSA) is 122 Å². The van der Waals surface area contributed by atoms with Gasteiger partial charge in [0.15, 0.2) is 0 Å². The van der Waals surface area contributed by atoms with Gasteiger partial charge in [-0.2, -0.15) is 0 Å². The largest absolute Gasteiger partial charge is 0.395 e. The van der Waals surface area contributed by atoms with Gasteiger partial charge in [-0.05, 0) is 24.0 Å². The second-order valence-corrected chi connectivity index (χ2v) is 8.10. The summed E-state index contributed by atoms with van der Waals surface area (Å²) in [4.78, 5) is 22.8. The van der Waals surface area contributed by atoms with Crippen LogP contribution >= 0.6 is 0 Å². The molecule has 6 atom stereocenters. The first-order chi connectivity index (χ1) is 13.5. The molecule has 0 unspecified atom stereocenters. The maximum absolute atomic E-state index is 12.7. The van der Waals surface area contributed by atoms with E-state index in [4.69, 9.17) is 5.11 Å². The molecule has 152 valence electrons. The molecule has 1 aliphatic heterocycles. The maximum atomic E-state index is 12.7. The molecule has 0 spiro atoms. The van der Waals surface area contributed by atoms with Gasteiger partial charge < -0.3 is 25.6 Å². The van der Waals surface area contributed by atoms with Gasteiger partial charge in [-0.3, -0.25) is 9.69 Å². The van der Waals surface area contributed by atoms with Crippen LogP contribution in [0.15, 0.2) is 24.3 Å². The van der Waals surface area contributed by atoms with Gasteiger partial charge in [0.1, 0.15) is 5.82 Å². The normalized spacial score (nSPS) is 33.1. The van der Waals surface area contributed by atoms with Gasteiger partial charge in [0.2, 0.25) is 5.91 Å².